The van der Waals surface area contributed by atoms with E-state index in [9.17, 15) is 0 Å². The van der Waals surface area contributed by atoms with E-state index in [0.717, 1.165) is 23.4 Å². The third kappa shape index (κ3) is 2.89. The lowest BCUT2D eigenvalue weighted by Gasteiger charge is -2.44. The number of nitrogens with zero attached hydrogens (tertiary/aromatic N) is 3. The van der Waals surface area contributed by atoms with Crippen molar-refractivity contribution in [2.75, 3.05) is 18.0 Å². The van der Waals surface area contributed by atoms with Crippen molar-refractivity contribution in [3.05, 3.63) is 16.0 Å². The third-order valence-electron chi connectivity index (χ3n) is 4.73. The molecule has 2 fully saturated rings. The number of anilines is 1. The van der Waals surface area contributed by atoms with Gasteiger partial charge in [0.15, 0.2) is 0 Å². The topological polar surface area (TPSA) is 29.0 Å². The fraction of sp³-hybridized carbons (Fsp3) is 0.714. The number of halogens is 2. The first-order valence-corrected chi connectivity index (χ1v) is 8.29. The molecule has 0 unspecified atom stereocenters. The van der Waals surface area contributed by atoms with Gasteiger partial charge in [0.25, 0.3) is 0 Å². The largest absolute Gasteiger partial charge is 0.355 e. The summed E-state index contributed by atoms with van der Waals surface area (Å²) in [4.78, 5) is 10.7. The molecular weight excluding hydrogens is 326 g/mol. The van der Waals surface area contributed by atoms with Crippen LogP contribution >= 0.6 is 27.5 Å². The van der Waals surface area contributed by atoms with Gasteiger partial charge in [-0.15, -0.1) is 0 Å². The Morgan fingerprint density at radius 1 is 1.11 bits per heavy atom. The minimum absolute atomic E-state index is 0.330. The van der Waals surface area contributed by atoms with Crippen LogP contribution in [0.1, 0.15) is 44.9 Å². The van der Waals surface area contributed by atoms with Crippen molar-refractivity contribution in [2.45, 2.75) is 44.9 Å². The monoisotopic (exact) mass is 343 g/mol. The Labute approximate surface area is 127 Å². The van der Waals surface area contributed by atoms with E-state index >= 15 is 0 Å². The maximum absolute atomic E-state index is 5.91. The number of hydrogen-bond donors (Lipinski definition) is 0. The molecule has 19 heavy (non-hydrogen) atoms. The highest BCUT2D eigenvalue weighted by atomic mass is 79.9. The fourth-order valence-electron chi connectivity index (χ4n) is 3.55. The molecule has 0 N–H and O–H groups in total. The van der Waals surface area contributed by atoms with Crippen LogP contribution in [0, 0.1) is 5.41 Å². The van der Waals surface area contributed by atoms with Crippen molar-refractivity contribution in [2.24, 2.45) is 5.41 Å². The normalized spacial score (nSPS) is 22.7. The molecule has 1 aliphatic heterocycles. The highest BCUT2D eigenvalue weighted by molar-refractivity contribution is 9.10. The van der Waals surface area contributed by atoms with Gasteiger partial charge >= 0.3 is 0 Å². The minimum Gasteiger partial charge on any atom is -0.355 e. The molecule has 1 saturated heterocycles. The Balaban J connectivity index is 1.71. The Hall–Kier alpha value is -0.350. The summed E-state index contributed by atoms with van der Waals surface area (Å²) < 4.78 is 0.941. The molecule has 1 aromatic heterocycles. The molecule has 1 saturated carbocycles. The molecule has 3 rings (SSSR count). The molecule has 1 aromatic rings. The Morgan fingerprint density at radius 3 is 2.47 bits per heavy atom. The van der Waals surface area contributed by atoms with Gasteiger partial charge in [0.2, 0.25) is 5.28 Å². The molecule has 2 heterocycles. The van der Waals surface area contributed by atoms with E-state index in [4.69, 9.17) is 11.6 Å². The zero-order valence-corrected chi connectivity index (χ0v) is 13.4. The van der Waals surface area contributed by atoms with Crippen molar-refractivity contribution >= 4 is 33.3 Å². The summed E-state index contributed by atoms with van der Waals surface area (Å²) in [6.45, 7) is 2.18. The van der Waals surface area contributed by atoms with Crippen LogP contribution in [0.25, 0.3) is 0 Å². The Kier molecular flexibility index (Phi) is 3.99. The molecule has 0 atom stereocenters. The van der Waals surface area contributed by atoms with Gasteiger partial charge in [-0.3, -0.25) is 0 Å². The summed E-state index contributed by atoms with van der Waals surface area (Å²) in [5.74, 6) is 0.950. The molecule has 1 aliphatic carbocycles. The standard InChI is InChI=1S/C14H19BrClN3/c15-11-10-17-13(16)18-12(11)19-8-6-14(7-9-19)4-2-1-3-5-14/h10H,1-9H2. The minimum atomic E-state index is 0.330. The molecule has 0 amide bonds. The average Bonchev–Trinajstić information content (AvgIpc) is 2.44. The summed E-state index contributed by atoms with van der Waals surface area (Å²) in [6, 6.07) is 0. The van der Waals surface area contributed by atoms with Crippen molar-refractivity contribution in [1.82, 2.24) is 9.97 Å². The van der Waals surface area contributed by atoms with Gasteiger partial charge in [0, 0.05) is 19.3 Å². The van der Waals surface area contributed by atoms with Crippen molar-refractivity contribution < 1.29 is 0 Å². The van der Waals surface area contributed by atoms with Crippen LogP contribution in [0.3, 0.4) is 0 Å². The SMILES string of the molecule is Clc1ncc(Br)c(N2CCC3(CCCCC3)CC2)n1. The van der Waals surface area contributed by atoms with Crippen LogP contribution in [0.5, 0.6) is 0 Å². The summed E-state index contributed by atoms with van der Waals surface area (Å²) >= 11 is 9.44. The molecule has 2 aliphatic rings. The highest BCUT2D eigenvalue weighted by Crippen LogP contribution is 2.45. The maximum atomic E-state index is 5.91. The van der Waals surface area contributed by atoms with E-state index in [1.807, 2.05) is 0 Å². The first-order chi connectivity index (χ1) is 9.19. The number of piperidine rings is 1. The van der Waals surface area contributed by atoms with Crippen molar-refractivity contribution in [1.29, 1.82) is 0 Å². The predicted molar refractivity (Wildman–Crippen MR) is 81.7 cm³/mol. The zero-order chi connectivity index (χ0) is 13.3. The number of hydrogen-bond acceptors (Lipinski definition) is 3. The first kappa shape index (κ1) is 13.6. The Morgan fingerprint density at radius 2 is 1.79 bits per heavy atom. The molecule has 0 radical (unpaired) electrons. The van der Waals surface area contributed by atoms with Gasteiger partial charge in [0.1, 0.15) is 5.82 Å². The van der Waals surface area contributed by atoms with Gasteiger partial charge in [-0.25, -0.2) is 4.98 Å². The van der Waals surface area contributed by atoms with Gasteiger partial charge in [-0.2, -0.15) is 4.98 Å². The lowest BCUT2D eigenvalue weighted by Crippen LogP contribution is -2.41. The van der Waals surface area contributed by atoms with E-state index in [2.05, 4.69) is 30.8 Å². The van der Waals surface area contributed by atoms with Crippen LogP contribution < -0.4 is 4.90 Å². The van der Waals surface area contributed by atoms with E-state index in [-0.39, 0.29) is 0 Å². The second kappa shape index (κ2) is 5.57. The van der Waals surface area contributed by atoms with Crippen molar-refractivity contribution in [3.8, 4) is 0 Å². The summed E-state index contributed by atoms with van der Waals surface area (Å²) in [7, 11) is 0. The smallest absolute Gasteiger partial charge is 0.224 e. The van der Waals surface area contributed by atoms with E-state index < -0.39 is 0 Å². The van der Waals surface area contributed by atoms with E-state index in [0.29, 0.717) is 10.7 Å². The second-order valence-corrected chi connectivity index (χ2v) is 7.05. The van der Waals surface area contributed by atoms with Crippen LogP contribution in [-0.4, -0.2) is 23.1 Å². The van der Waals surface area contributed by atoms with Crippen LogP contribution in [0.4, 0.5) is 5.82 Å². The number of rotatable bonds is 1. The molecule has 5 heteroatoms. The summed E-state index contributed by atoms with van der Waals surface area (Å²) in [5.41, 5.74) is 0.623. The second-order valence-electron chi connectivity index (χ2n) is 5.86. The van der Waals surface area contributed by atoms with Gasteiger partial charge < -0.3 is 4.90 Å². The molecular formula is C14H19BrClN3. The highest BCUT2D eigenvalue weighted by Gasteiger charge is 2.36. The van der Waals surface area contributed by atoms with Crippen LogP contribution in [0.2, 0.25) is 5.28 Å². The summed E-state index contributed by atoms with van der Waals surface area (Å²) in [6.07, 6.45) is 11.4. The van der Waals surface area contributed by atoms with Crippen LogP contribution in [0.15, 0.2) is 10.7 Å². The van der Waals surface area contributed by atoms with Crippen LogP contribution in [-0.2, 0) is 0 Å². The molecule has 0 bridgehead atoms. The first-order valence-electron chi connectivity index (χ1n) is 7.12. The van der Waals surface area contributed by atoms with Gasteiger partial charge in [0.05, 0.1) is 4.47 Å². The molecule has 0 aromatic carbocycles. The van der Waals surface area contributed by atoms with Crippen molar-refractivity contribution in [3.63, 3.8) is 0 Å². The van der Waals surface area contributed by atoms with Gasteiger partial charge in [-0.05, 0) is 58.6 Å². The fourth-order valence-corrected chi connectivity index (χ4v) is 4.12. The Bertz CT molecular complexity index is 450. The third-order valence-corrected chi connectivity index (χ3v) is 5.48. The van der Waals surface area contributed by atoms with Gasteiger partial charge in [-0.1, -0.05) is 19.3 Å². The maximum Gasteiger partial charge on any atom is 0.224 e. The number of aromatic nitrogens is 2. The molecule has 3 nitrogen and oxygen atoms in total. The quantitative estimate of drug-likeness (QED) is 0.705. The molecule has 1 spiro atoms. The van der Waals surface area contributed by atoms with E-state index in [1.54, 1.807) is 6.20 Å². The summed E-state index contributed by atoms with van der Waals surface area (Å²) in [5, 5.41) is 0.330. The lowest BCUT2D eigenvalue weighted by atomic mass is 9.68. The lowest BCUT2D eigenvalue weighted by molar-refractivity contribution is 0.144. The predicted octanol–water partition coefficient (Wildman–Crippen LogP) is 4.44. The average molecular weight is 345 g/mol. The zero-order valence-electron chi connectivity index (χ0n) is 11.0. The van der Waals surface area contributed by atoms with E-state index in [1.165, 1.54) is 44.9 Å². The molecule has 104 valence electrons.